The first-order chi connectivity index (χ1) is 14.5. The molecule has 1 heterocycles. The van der Waals surface area contributed by atoms with Crippen LogP contribution in [0, 0.1) is 11.6 Å². The van der Waals surface area contributed by atoms with E-state index in [0.717, 1.165) is 29.9 Å². The Morgan fingerprint density at radius 3 is 2.48 bits per heavy atom. The number of hydrogen-bond acceptors (Lipinski definition) is 5. The van der Waals surface area contributed by atoms with Crippen molar-refractivity contribution in [2.75, 3.05) is 37.7 Å². The first-order valence-corrected chi connectivity index (χ1v) is 10.8. The van der Waals surface area contributed by atoms with E-state index in [-0.39, 0.29) is 18.0 Å². The Kier molecular flexibility index (Phi) is 9.15. The van der Waals surface area contributed by atoms with Crippen molar-refractivity contribution in [3.8, 4) is 5.75 Å². The third-order valence-corrected chi connectivity index (χ3v) is 5.89. The summed E-state index contributed by atoms with van der Waals surface area (Å²) in [6.07, 6.45) is 0. The van der Waals surface area contributed by atoms with Crippen molar-refractivity contribution in [3.05, 3.63) is 53.6 Å². The zero-order chi connectivity index (χ0) is 21.7. The molecular formula is C22H26ClF2N3O2S. The molecule has 0 radical (unpaired) electrons. The van der Waals surface area contributed by atoms with Crippen LogP contribution in [-0.2, 0) is 0 Å². The van der Waals surface area contributed by atoms with E-state index in [0.29, 0.717) is 36.1 Å². The number of carbonyl (C=O) groups is 1. The molecule has 1 aromatic heterocycles. The minimum atomic E-state index is -0.885. The molecule has 3 rings (SSSR count). The van der Waals surface area contributed by atoms with Crippen LogP contribution >= 0.6 is 23.7 Å². The summed E-state index contributed by atoms with van der Waals surface area (Å²) < 4.78 is 34.2. The molecule has 31 heavy (non-hydrogen) atoms. The standard InChI is InChI=1S/C22H25F2N3O2S.ClH/c1-4-26(5-2)12-13-27(21(28)16-11-10-15(23)14-17(16)24)22-25-20-18(29-6-3)8-7-9-19(20)30-22;/h7-11,14H,4-6,12-13H2,1-3H3;1H. The monoisotopic (exact) mass is 469 g/mol. The second-order valence-electron chi connectivity index (χ2n) is 6.64. The Balaban J connectivity index is 0.00000341. The Morgan fingerprint density at radius 2 is 1.84 bits per heavy atom. The van der Waals surface area contributed by atoms with Gasteiger partial charge in [-0.2, -0.15) is 0 Å². The van der Waals surface area contributed by atoms with Gasteiger partial charge in [-0.1, -0.05) is 31.3 Å². The van der Waals surface area contributed by atoms with Gasteiger partial charge >= 0.3 is 0 Å². The van der Waals surface area contributed by atoms with Crippen LogP contribution in [0.15, 0.2) is 36.4 Å². The van der Waals surface area contributed by atoms with E-state index >= 15 is 0 Å². The van der Waals surface area contributed by atoms with Gasteiger partial charge in [-0.3, -0.25) is 9.69 Å². The second kappa shape index (κ2) is 11.4. The van der Waals surface area contributed by atoms with Crippen molar-refractivity contribution in [2.45, 2.75) is 20.8 Å². The van der Waals surface area contributed by atoms with E-state index in [1.807, 2.05) is 39.0 Å². The molecule has 0 saturated heterocycles. The van der Waals surface area contributed by atoms with Gasteiger partial charge in [0, 0.05) is 19.2 Å². The number of benzene rings is 2. The fourth-order valence-electron chi connectivity index (χ4n) is 3.17. The van der Waals surface area contributed by atoms with Crippen LogP contribution in [0.3, 0.4) is 0 Å². The smallest absolute Gasteiger partial charge is 0.263 e. The highest BCUT2D eigenvalue weighted by Crippen LogP contribution is 2.35. The molecule has 5 nitrogen and oxygen atoms in total. The number of halogens is 3. The quantitative estimate of drug-likeness (QED) is 0.422. The molecule has 0 bridgehead atoms. The van der Waals surface area contributed by atoms with E-state index in [2.05, 4.69) is 9.88 Å². The number of para-hydroxylation sites is 1. The van der Waals surface area contributed by atoms with Gasteiger partial charge in [0.05, 0.1) is 16.9 Å². The lowest BCUT2D eigenvalue weighted by atomic mass is 10.2. The molecule has 0 spiro atoms. The SMILES string of the molecule is CCOc1cccc2sc(N(CCN(CC)CC)C(=O)c3ccc(F)cc3F)nc12.Cl. The Hall–Kier alpha value is -2.29. The number of amides is 1. The highest BCUT2D eigenvalue weighted by atomic mass is 35.5. The predicted molar refractivity (Wildman–Crippen MR) is 124 cm³/mol. The van der Waals surface area contributed by atoms with Crippen LogP contribution in [0.2, 0.25) is 0 Å². The number of hydrogen-bond donors (Lipinski definition) is 0. The number of carbonyl (C=O) groups excluding carboxylic acids is 1. The number of thiazole rings is 1. The number of anilines is 1. The summed E-state index contributed by atoms with van der Waals surface area (Å²) in [7, 11) is 0. The van der Waals surface area contributed by atoms with Crippen molar-refractivity contribution in [1.82, 2.24) is 9.88 Å². The Bertz CT molecular complexity index is 1030. The summed E-state index contributed by atoms with van der Waals surface area (Å²) >= 11 is 1.34. The summed E-state index contributed by atoms with van der Waals surface area (Å²) in [4.78, 5) is 21.5. The average Bonchev–Trinajstić information content (AvgIpc) is 3.16. The maximum Gasteiger partial charge on any atom is 0.263 e. The minimum Gasteiger partial charge on any atom is -0.492 e. The zero-order valence-corrected chi connectivity index (χ0v) is 19.4. The summed E-state index contributed by atoms with van der Waals surface area (Å²) in [5, 5.41) is 0.457. The van der Waals surface area contributed by atoms with Gasteiger partial charge < -0.3 is 9.64 Å². The first kappa shape index (κ1) is 25.0. The lowest BCUT2D eigenvalue weighted by Gasteiger charge is -2.24. The Labute approximate surface area is 191 Å². The molecule has 0 aliphatic carbocycles. The topological polar surface area (TPSA) is 45.7 Å². The van der Waals surface area contributed by atoms with E-state index in [1.54, 1.807) is 0 Å². The van der Waals surface area contributed by atoms with Crippen LogP contribution in [0.4, 0.5) is 13.9 Å². The number of nitrogens with zero attached hydrogens (tertiary/aromatic N) is 3. The highest BCUT2D eigenvalue weighted by molar-refractivity contribution is 7.22. The number of ether oxygens (including phenoxy) is 1. The molecule has 0 unspecified atom stereocenters. The summed E-state index contributed by atoms with van der Waals surface area (Å²) in [6, 6.07) is 8.60. The van der Waals surface area contributed by atoms with Crippen molar-refractivity contribution in [1.29, 1.82) is 0 Å². The van der Waals surface area contributed by atoms with Gasteiger partial charge in [0.1, 0.15) is 22.9 Å². The van der Waals surface area contributed by atoms with Gasteiger partial charge in [0.15, 0.2) is 5.13 Å². The summed E-state index contributed by atoms with van der Waals surface area (Å²) in [6.45, 7) is 9.08. The molecule has 0 aliphatic rings. The van der Waals surface area contributed by atoms with Gasteiger partial charge in [0.2, 0.25) is 0 Å². The first-order valence-electron chi connectivity index (χ1n) is 10.00. The van der Waals surface area contributed by atoms with Gasteiger partial charge in [-0.15, -0.1) is 12.4 Å². The summed E-state index contributed by atoms with van der Waals surface area (Å²) in [5.74, 6) is -1.51. The van der Waals surface area contributed by atoms with Crippen LogP contribution in [0.5, 0.6) is 5.75 Å². The molecule has 0 fully saturated rings. The molecule has 0 N–H and O–H groups in total. The Morgan fingerprint density at radius 1 is 1.10 bits per heavy atom. The molecule has 9 heteroatoms. The van der Waals surface area contributed by atoms with E-state index < -0.39 is 17.5 Å². The number of aromatic nitrogens is 1. The molecule has 2 aromatic carbocycles. The van der Waals surface area contributed by atoms with Gasteiger partial charge in [0.25, 0.3) is 5.91 Å². The van der Waals surface area contributed by atoms with Gasteiger partial charge in [-0.25, -0.2) is 13.8 Å². The summed E-state index contributed by atoms with van der Waals surface area (Å²) in [5.41, 5.74) is 0.486. The van der Waals surface area contributed by atoms with E-state index in [4.69, 9.17) is 4.74 Å². The third-order valence-electron chi connectivity index (χ3n) is 4.84. The second-order valence-corrected chi connectivity index (χ2v) is 7.65. The maximum atomic E-state index is 14.3. The minimum absolute atomic E-state index is 0. The van der Waals surface area contributed by atoms with Crippen molar-refractivity contribution >= 4 is 45.0 Å². The normalized spacial score (nSPS) is 10.9. The highest BCUT2D eigenvalue weighted by Gasteiger charge is 2.25. The molecular weight excluding hydrogens is 444 g/mol. The lowest BCUT2D eigenvalue weighted by Crippen LogP contribution is -2.39. The van der Waals surface area contributed by atoms with Crippen molar-refractivity contribution in [3.63, 3.8) is 0 Å². The van der Waals surface area contributed by atoms with Crippen LogP contribution < -0.4 is 9.64 Å². The fraction of sp³-hybridized carbons (Fsp3) is 0.364. The number of fused-ring (bicyclic) bond motifs is 1. The zero-order valence-electron chi connectivity index (χ0n) is 17.7. The fourth-order valence-corrected chi connectivity index (χ4v) is 4.18. The average molecular weight is 470 g/mol. The van der Waals surface area contributed by atoms with E-state index in [9.17, 15) is 13.6 Å². The molecule has 0 atom stereocenters. The van der Waals surface area contributed by atoms with E-state index in [1.165, 1.54) is 22.3 Å². The van der Waals surface area contributed by atoms with Crippen molar-refractivity contribution < 1.29 is 18.3 Å². The van der Waals surface area contributed by atoms with Crippen LogP contribution in [0.25, 0.3) is 10.2 Å². The van der Waals surface area contributed by atoms with Crippen LogP contribution in [-0.4, -0.2) is 48.6 Å². The third kappa shape index (κ3) is 5.70. The van der Waals surface area contributed by atoms with Crippen molar-refractivity contribution in [2.24, 2.45) is 0 Å². The molecule has 3 aromatic rings. The molecule has 168 valence electrons. The number of likely N-dealkylation sites (N-methyl/N-ethyl adjacent to an activating group) is 1. The van der Waals surface area contributed by atoms with Crippen LogP contribution in [0.1, 0.15) is 31.1 Å². The molecule has 0 saturated carbocycles. The molecule has 0 aliphatic heterocycles. The predicted octanol–water partition coefficient (Wildman–Crippen LogP) is 5.38. The lowest BCUT2D eigenvalue weighted by molar-refractivity contribution is 0.0980. The molecule has 1 amide bonds. The van der Waals surface area contributed by atoms with Gasteiger partial charge in [-0.05, 0) is 44.3 Å². The largest absolute Gasteiger partial charge is 0.492 e. The number of rotatable bonds is 9. The maximum absolute atomic E-state index is 14.3.